The summed E-state index contributed by atoms with van der Waals surface area (Å²) in [7, 11) is -1.85. The molecule has 3 heterocycles. The standard InChI is InChI=1S/C19H21N3O5S2/c1-26-13-7-6-12-9-17(27-16(12)10-13)14-11-28-19(20-14)21-18(23)15-5-3-4-8-22(15)29(2,24)25/h6-7,9-11,15H,3-5,8H2,1-2H3,(H,20,21,23). The molecule has 154 valence electrons. The van der Waals surface area contributed by atoms with Crippen LogP contribution < -0.4 is 10.1 Å². The number of hydrogen-bond donors (Lipinski definition) is 1. The number of nitrogens with one attached hydrogen (secondary N) is 1. The third-order valence-electron chi connectivity index (χ3n) is 4.90. The minimum Gasteiger partial charge on any atom is -0.497 e. The van der Waals surface area contributed by atoms with E-state index in [-0.39, 0.29) is 5.91 Å². The van der Waals surface area contributed by atoms with Gasteiger partial charge >= 0.3 is 0 Å². The number of fused-ring (bicyclic) bond motifs is 1. The Labute approximate surface area is 172 Å². The molecule has 1 atom stereocenters. The van der Waals surface area contributed by atoms with Gasteiger partial charge in [0.05, 0.1) is 13.4 Å². The maximum atomic E-state index is 12.7. The summed E-state index contributed by atoms with van der Waals surface area (Å²) in [6.45, 7) is 0.364. The lowest BCUT2D eigenvalue weighted by molar-refractivity contribution is -0.120. The minimum atomic E-state index is -3.44. The quantitative estimate of drug-likeness (QED) is 0.660. The first-order chi connectivity index (χ1) is 13.8. The summed E-state index contributed by atoms with van der Waals surface area (Å²) in [6, 6.07) is 6.73. The van der Waals surface area contributed by atoms with Crippen LogP contribution in [0.25, 0.3) is 22.4 Å². The fourth-order valence-corrected chi connectivity index (χ4v) is 5.29. The molecule has 2 aromatic heterocycles. The second-order valence-electron chi connectivity index (χ2n) is 6.93. The molecule has 0 bridgehead atoms. The van der Waals surface area contributed by atoms with Crippen molar-refractivity contribution in [3.8, 4) is 17.2 Å². The second-order valence-corrected chi connectivity index (χ2v) is 9.72. The third-order valence-corrected chi connectivity index (χ3v) is 6.94. The van der Waals surface area contributed by atoms with Gasteiger partial charge in [-0.25, -0.2) is 13.4 Å². The second kappa shape index (κ2) is 7.77. The fourth-order valence-electron chi connectivity index (χ4n) is 3.46. The highest BCUT2D eigenvalue weighted by Crippen LogP contribution is 2.32. The smallest absolute Gasteiger partial charge is 0.244 e. The Morgan fingerprint density at radius 3 is 2.93 bits per heavy atom. The molecule has 0 spiro atoms. The van der Waals surface area contributed by atoms with E-state index in [2.05, 4.69) is 10.3 Å². The predicted molar refractivity (Wildman–Crippen MR) is 112 cm³/mol. The zero-order chi connectivity index (χ0) is 20.6. The van der Waals surface area contributed by atoms with Gasteiger partial charge in [0.2, 0.25) is 15.9 Å². The molecule has 1 aromatic carbocycles. The number of carbonyl (C=O) groups excluding carboxylic acids is 1. The monoisotopic (exact) mass is 435 g/mol. The number of thiazole rings is 1. The molecule has 8 nitrogen and oxygen atoms in total. The van der Waals surface area contributed by atoms with Gasteiger partial charge < -0.3 is 14.5 Å². The molecule has 1 aliphatic heterocycles. The van der Waals surface area contributed by atoms with Crippen molar-refractivity contribution in [2.45, 2.75) is 25.3 Å². The number of methoxy groups -OCH3 is 1. The number of furan rings is 1. The Hall–Kier alpha value is -2.43. The van der Waals surface area contributed by atoms with Gasteiger partial charge in [-0.05, 0) is 31.0 Å². The molecule has 29 heavy (non-hydrogen) atoms. The van der Waals surface area contributed by atoms with Gasteiger partial charge in [0.15, 0.2) is 10.9 Å². The molecule has 10 heteroatoms. The maximum absolute atomic E-state index is 12.7. The molecule has 1 N–H and O–H groups in total. The number of rotatable bonds is 5. The SMILES string of the molecule is COc1ccc2cc(-c3csc(NC(=O)C4CCCCN4S(C)(=O)=O)n3)oc2c1. The number of carbonyl (C=O) groups is 1. The van der Waals surface area contributed by atoms with Gasteiger partial charge in [0.1, 0.15) is 23.1 Å². The largest absolute Gasteiger partial charge is 0.497 e. The van der Waals surface area contributed by atoms with Crippen LogP contribution in [-0.2, 0) is 14.8 Å². The van der Waals surface area contributed by atoms with Crippen molar-refractivity contribution in [2.24, 2.45) is 0 Å². The Bertz CT molecular complexity index is 1150. The minimum absolute atomic E-state index is 0.356. The first-order valence-corrected chi connectivity index (χ1v) is 11.9. The van der Waals surface area contributed by atoms with E-state index < -0.39 is 16.1 Å². The van der Waals surface area contributed by atoms with Crippen molar-refractivity contribution in [1.82, 2.24) is 9.29 Å². The van der Waals surface area contributed by atoms with Crippen molar-refractivity contribution < 1.29 is 22.4 Å². The molecule has 0 radical (unpaired) electrons. The number of ether oxygens (including phenoxy) is 1. The summed E-state index contributed by atoms with van der Waals surface area (Å²) in [5, 5.41) is 5.87. The molecule has 0 saturated carbocycles. The predicted octanol–water partition coefficient (Wildman–Crippen LogP) is 3.32. The summed E-state index contributed by atoms with van der Waals surface area (Å²) in [5.74, 6) is 0.929. The molecule has 1 amide bonds. The molecular formula is C19H21N3O5S2. The number of anilines is 1. The lowest BCUT2D eigenvalue weighted by atomic mass is 10.0. The summed E-state index contributed by atoms with van der Waals surface area (Å²) in [6.07, 6.45) is 3.21. The molecule has 0 aliphatic carbocycles. The third kappa shape index (κ3) is 4.14. The first-order valence-electron chi connectivity index (χ1n) is 9.16. The molecule has 1 unspecified atom stereocenters. The van der Waals surface area contributed by atoms with Crippen molar-refractivity contribution in [2.75, 3.05) is 25.2 Å². The average molecular weight is 436 g/mol. The Morgan fingerprint density at radius 1 is 1.34 bits per heavy atom. The average Bonchev–Trinajstić information content (AvgIpc) is 3.33. The van der Waals surface area contributed by atoms with Gasteiger partial charge in [-0.1, -0.05) is 6.42 Å². The Balaban J connectivity index is 1.52. The topological polar surface area (TPSA) is 102 Å². The van der Waals surface area contributed by atoms with E-state index in [9.17, 15) is 13.2 Å². The van der Waals surface area contributed by atoms with Gasteiger partial charge in [-0.2, -0.15) is 4.31 Å². The number of nitrogens with zero attached hydrogens (tertiary/aromatic N) is 2. The highest BCUT2D eigenvalue weighted by molar-refractivity contribution is 7.88. The Morgan fingerprint density at radius 2 is 2.17 bits per heavy atom. The lowest BCUT2D eigenvalue weighted by Gasteiger charge is -2.32. The van der Waals surface area contributed by atoms with E-state index in [4.69, 9.17) is 9.15 Å². The first kappa shape index (κ1) is 19.9. The zero-order valence-electron chi connectivity index (χ0n) is 16.0. The highest BCUT2D eigenvalue weighted by atomic mass is 32.2. The summed E-state index contributed by atoms with van der Waals surface area (Å²) in [4.78, 5) is 17.1. The number of benzene rings is 1. The molecule has 4 rings (SSSR count). The number of piperidine rings is 1. The molecule has 1 aliphatic rings. The normalized spacial score (nSPS) is 18.1. The van der Waals surface area contributed by atoms with Crippen LogP contribution in [0.3, 0.4) is 0 Å². The van der Waals surface area contributed by atoms with Crippen LogP contribution in [0, 0.1) is 0 Å². The molecule has 1 fully saturated rings. The van der Waals surface area contributed by atoms with E-state index in [0.717, 1.165) is 24.5 Å². The van der Waals surface area contributed by atoms with Crippen molar-refractivity contribution in [1.29, 1.82) is 0 Å². The summed E-state index contributed by atoms with van der Waals surface area (Å²) < 4.78 is 36.3. The molecule has 3 aromatic rings. The van der Waals surface area contributed by atoms with E-state index >= 15 is 0 Å². The fraction of sp³-hybridized carbons (Fsp3) is 0.368. The highest BCUT2D eigenvalue weighted by Gasteiger charge is 2.34. The van der Waals surface area contributed by atoms with Gasteiger partial charge in [0, 0.05) is 23.4 Å². The molecule has 1 saturated heterocycles. The van der Waals surface area contributed by atoms with Crippen LogP contribution in [0.4, 0.5) is 5.13 Å². The van der Waals surface area contributed by atoms with E-state index in [0.29, 0.717) is 40.9 Å². The van der Waals surface area contributed by atoms with Crippen LogP contribution in [0.15, 0.2) is 34.1 Å². The van der Waals surface area contributed by atoms with Crippen LogP contribution in [0.5, 0.6) is 5.75 Å². The van der Waals surface area contributed by atoms with Crippen molar-refractivity contribution >= 4 is 43.4 Å². The number of sulfonamides is 1. The van der Waals surface area contributed by atoms with E-state index in [1.54, 1.807) is 18.6 Å². The summed E-state index contributed by atoms with van der Waals surface area (Å²) >= 11 is 1.27. The van der Waals surface area contributed by atoms with Crippen LogP contribution in [0.1, 0.15) is 19.3 Å². The van der Waals surface area contributed by atoms with Gasteiger partial charge in [0.25, 0.3) is 0 Å². The van der Waals surface area contributed by atoms with Crippen molar-refractivity contribution in [3.05, 3.63) is 29.6 Å². The maximum Gasteiger partial charge on any atom is 0.244 e. The Kier molecular flexibility index (Phi) is 5.32. The molecular weight excluding hydrogens is 414 g/mol. The van der Waals surface area contributed by atoms with Crippen LogP contribution >= 0.6 is 11.3 Å². The van der Waals surface area contributed by atoms with Crippen LogP contribution in [0.2, 0.25) is 0 Å². The van der Waals surface area contributed by atoms with Crippen molar-refractivity contribution in [3.63, 3.8) is 0 Å². The van der Waals surface area contributed by atoms with E-state index in [1.165, 1.54) is 15.6 Å². The number of aromatic nitrogens is 1. The lowest BCUT2D eigenvalue weighted by Crippen LogP contribution is -2.49. The zero-order valence-corrected chi connectivity index (χ0v) is 17.7. The number of amides is 1. The van der Waals surface area contributed by atoms with Gasteiger partial charge in [-0.15, -0.1) is 11.3 Å². The number of hydrogen-bond acceptors (Lipinski definition) is 7. The van der Waals surface area contributed by atoms with Gasteiger partial charge in [-0.3, -0.25) is 4.79 Å². The van der Waals surface area contributed by atoms with E-state index in [1.807, 2.05) is 18.2 Å². The summed E-state index contributed by atoms with van der Waals surface area (Å²) in [5.41, 5.74) is 1.29. The van der Waals surface area contributed by atoms with Crippen LogP contribution in [-0.4, -0.2) is 49.6 Å².